The molecule has 204 valence electrons. The summed E-state index contributed by atoms with van der Waals surface area (Å²) in [6.45, 7) is -0.0371. The molecule has 39 heavy (non-hydrogen) atoms. The number of methoxy groups -OCH3 is 1. The van der Waals surface area contributed by atoms with Gasteiger partial charge >= 0.3 is 5.97 Å². The molecule has 0 atom stereocenters. The van der Waals surface area contributed by atoms with Crippen LogP contribution in [0.3, 0.4) is 0 Å². The van der Waals surface area contributed by atoms with Gasteiger partial charge in [-0.05, 0) is 72.0 Å². The molecule has 1 aliphatic carbocycles. The van der Waals surface area contributed by atoms with Gasteiger partial charge in [0.25, 0.3) is 0 Å². The lowest BCUT2D eigenvalue weighted by Crippen LogP contribution is -2.37. The Labute approximate surface area is 228 Å². The highest BCUT2D eigenvalue weighted by Gasteiger charge is 2.28. The zero-order chi connectivity index (χ0) is 27.9. The molecular formula is C32H34F2N2O3. The van der Waals surface area contributed by atoms with Crippen LogP contribution in [-0.2, 0) is 20.9 Å². The maximum Gasteiger partial charge on any atom is 0.330 e. The van der Waals surface area contributed by atoms with E-state index in [1.165, 1.54) is 42.4 Å². The van der Waals surface area contributed by atoms with Gasteiger partial charge in [0.05, 0.1) is 13.7 Å². The van der Waals surface area contributed by atoms with Crippen LogP contribution in [0.2, 0.25) is 0 Å². The second kappa shape index (κ2) is 12.7. The molecule has 4 rings (SSSR count). The number of carbonyl (C=O) groups is 2. The standard InChI is InChI=1S/C32H34F2N2O3/c1-35(2)28-14-12-23(13-15-28)25-10-11-26(30(34)19-25)21-36(32(38)24-7-5-4-6-8-24)29-18-22(17-27(33)20-29)9-16-31(37)39-3/h9-20,24H,4-8,21H2,1-3H3/b16-9+. The molecule has 1 amide bonds. The summed E-state index contributed by atoms with van der Waals surface area (Å²) in [4.78, 5) is 28.7. The third-order valence-corrected chi connectivity index (χ3v) is 7.15. The van der Waals surface area contributed by atoms with Gasteiger partial charge in [-0.15, -0.1) is 0 Å². The van der Waals surface area contributed by atoms with E-state index in [1.54, 1.807) is 12.1 Å². The van der Waals surface area contributed by atoms with Gasteiger partial charge in [-0.3, -0.25) is 4.79 Å². The fourth-order valence-electron chi connectivity index (χ4n) is 4.92. The van der Waals surface area contributed by atoms with Gasteiger partial charge < -0.3 is 14.5 Å². The van der Waals surface area contributed by atoms with Crippen LogP contribution in [0.4, 0.5) is 20.2 Å². The largest absolute Gasteiger partial charge is 0.466 e. The lowest BCUT2D eigenvalue weighted by molar-refractivity contribution is -0.134. The van der Waals surface area contributed by atoms with Crippen molar-refractivity contribution in [3.8, 4) is 11.1 Å². The Bertz CT molecular complexity index is 1350. The van der Waals surface area contributed by atoms with Crippen LogP contribution in [0, 0.1) is 17.6 Å². The van der Waals surface area contributed by atoms with Crippen molar-refractivity contribution in [3.63, 3.8) is 0 Å². The molecule has 0 heterocycles. The number of hydrogen-bond acceptors (Lipinski definition) is 4. The zero-order valence-corrected chi connectivity index (χ0v) is 22.6. The Morgan fingerprint density at radius 1 is 0.897 bits per heavy atom. The van der Waals surface area contributed by atoms with E-state index in [9.17, 15) is 14.0 Å². The first-order valence-corrected chi connectivity index (χ1v) is 13.2. The number of anilines is 2. The van der Waals surface area contributed by atoms with E-state index in [0.717, 1.165) is 48.9 Å². The second-order valence-electron chi connectivity index (χ2n) is 10.1. The number of rotatable bonds is 8. The lowest BCUT2D eigenvalue weighted by atomic mass is 9.88. The van der Waals surface area contributed by atoms with Crippen molar-refractivity contribution < 1.29 is 23.1 Å². The summed E-state index contributed by atoms with van der Waals surface area (Å²) < 4.78 is 34.7. The predicted octanol–water partition coefficient (Wildman–Crippen LogP) is 7.00. The summed E-state index contributed by atoms with van der Waals surface area (Å²) in [5, 5.41) is 0. The monoisotopic (exact) mass is 532 g/mol. The first-order valence-electron chi connectivity index (χ1n) is 13.2. The highest BCUT2D eigenvalue weighted by molar-refractivity contribution is 5.95. The molecular weight excluding hydrogens is 498 g/mol. The molecule has 1 aliphatic rings. The number of amides is 1. The van der Waals surface area contributed by atoms with Crippen molar-refractivity contribution in [1.82, 2.24) is 0 Å². The van der Waals surface area contributed by atoms with E-state index in [1.807, 2.05) is 49.3 Å². The van der Waals surface area contributed by atoms with Gasteiger partial charge in [-0.2, -0.15) is 0 Å². The van der Waals surface area contributed by atoms with E-state index >= 15 is 4.39 Å². The SMILES string of the molecule is COC(=O)/C=C/c1cc(F)cc(N(Cc2ccc(-c3ccc(N(C)C)cc3)cc2F)C(=O)C2CCCCC2)c1. The van der Waals surface area contributed by atoms with Gasteiger partial charge in [0.2, 0.25) is 5.91 Å². The first-order chi connectivity index (χ1) is 18.7. The van der Waals surface area contributed by atoms with Crippen molar-refractivity contribution in [1.29, 1.82) is 0 Å². The van der Waals surface area contributed by atoms with Crippen molar-refractivity contribution in [2.45, 2.75) is 38.6 Å². The topological polar surface area (TPSA) is 49.9 Å². The van der Waals surface area contributed by atoms with Gasteiger partial charge in [0.1, 0.15) is 11.6 Å². The molecule has 0 N–H and O–H groups in total. The van der Waals surface area contributed by atoms with Crippen LogP contribution >= 0.6 is 0 Å². The molecule has 0 bridgehead atoms. The highest BCUT2D eigenvalue weighted by atomic mass is 19.1. The van der Waals surface area contributed by atoms with Crippen molar-refractivity contribution in [2.75, 3.05) is 31.0 Å². The summed E-state index contributed by atoms with van der Waals surface area (Å²) >= 11 is 0. The number of benzene rings is 3. The van der Waals surface area contributed by atoms with Crippen LogP contribution in [-0.4, -0.2) is 33.1 Å². The molecule has 1 fully saturated rings. The molecule has 0 saturated heterocycles. The number of hydrogen-bond donors (Lipinski definition) is 0. The summed E-state index contributed by atoms with van der Waals surface area (Å²) in [7, 11) is 5.18. The van der Waals surface area contributed by atoms with Crippen LogP contribution in [0.15, 0.2) is 66.7 Å². The number of carbonyl (C=O) groups excluding carboxylic acids is 2. The van der Waals surface area contributed by atoms with Crippen LogP contribution in [0.25, 0.3) is 17.2 Å². The molecule has 0 spiro atoms. The Morgan fingerprint density at radius 2 is 1.59 bits per heavy atom. The van der Waals surface area contributed by atoms with Gasteiger partial charge in [-0.25, -0.2) is 13.6 Å². The molecule has 0 aliphatic heterocycles. The first kappa shape index (κ1) is 28.0. The maximum atomic E-state index is 15.4. The molecule has 0 unspecified atom stereocenters. The average Bonchev–Trinajstić information content (AvgIpc) is 2.95. The van der Waals surface area contributed by atoms with E-state index in [0.29, 0.717) is 16.8 Å². The van der Waals surface area contributed by atoms with E-state index in [2.05, 4.69) is 4.74 Å². The molecule has 0 aromatic heterocycles. The molecule has 5 nitrogen and oxygen atoms in total. The Hall–Kier alpha value is -4.00. The minimum Gasteiger partial charge on any atom is -0.466 e. The minimum atomic E-state index is -0.575. The minimum absolute atomic E-state index is 0.0371. The third kappa shape index (κ3) is 7.11. The number of nitrogens with zero attached hydrogens (tertiary/aromatic N) is 2. The Kier molecular flexibility index (Phi) is 9.12. The van der Waals surface area contributed by atoms with Crippen molar-refractivity contribution in [2.24, 2.45) is 5.92 Å². The molecule has 1 saturated carbocycles. The van der Waals surface area contributed by atoms with Crippen LogP contribution < -0.4 is 9.80 Å². The van der Waals surface area contributed by atoms with Crippen molar-refractivity contribution in [3.05, 3.63) is 89.5 Å². The average molecular weight is 533 g/mol. The Morgan fingerprint density at radius 3 is 2.23 bits per heavy atom. The highest BCUT2D eigenvalue weighted by Crippen LogP contribution is 2.31. The molecule has 3 aromatic carbocycles. The third-order valence-electron chi connectivity index (χ3n) is 7.15. The quantitative estimate of drug-likeness (QED) is 0.232. The summed E-state index contributed by atoms with van der Waals surface area (Å²) in [6, 6.07) is 17.0. The number of ether oxygens (including phenoxy) is 1. The number of halogens is 2. The maximum absolute atomic E-state index is 15.4. The fraction of sp³-hybridized carbons (Fsp3) is 0.312. The fourth-order valence-corrected chi connectivity index (χ4v) is 4.92. The van der Waals surface area contributed by atoms with E-state index < -0.39 is 17.6 Å². The summed E-state index contributed by atoms with van der Waals surface area (Å²) in [5.41, 5.74) is 3.71. The van der Waals surface area contributed by atoms with Crippen LogP contribution in [0.5, 0.6) is 0 Å². The smallest absolute Gasteiger partial charge is 0.330 e. The number of esters is 1. The molecule has 0 radical (unpaired) electrons. The van der Waals surface area contributed by atoms with E-state index in [-0.39, 0.29) is 18.4 Å². The van der Waals surface area contributed by atoms with E-state index in [4.69, 9.17) is 0 Å². The Balaban J connectivity index is 1.66. The lowest BCUT2D eigenvalue weighted by Gasteiger charge is -2.30. The van der Waals surface area contributed by atoms with Gasteiger partial charge in [0.15, 0.2) is 0 Å². The molecule has 3 aromatic rings. The van der Waals surface area contributed by atoms with Gasteiger partial charge in [-0.1, -0.05) is 43.5 Å². The summed E-state index contributed by atoms with van der Waals surface area (Å²) in [5.74, 6) is -1.92. The zero-order valence-electron chi connectivity index (χ0n) is 22.6. The van der Waals surface area contributed by atoms with Crippen molar-refractivity contribution >= 4 is 29.3 Å². The second-order valence-corrected chi connectivity index (χ2v) is 10.1. The normalized spacial score (nSPS) is 13.9. The van der Waals surface area contributed by atoms with Crippen LogP contribution in [0.1, 0.15) is 43.2 Å². The molecule has 7 heteroatoms. The van der Waals surface area contributed by atoms with Gasteiger partial charge in [0, 0.05) is 43.0 Å². The summed E-state index contributed by atoms with van der Waals surface area (Å²) in [6.07, 6.45) is 7.12. The predicted molar refractivity (Wildman–Crippen MR) is 151 cm³/mol.